The predicted molar refractivity (Wildman–Crippen MR) is 104 cm³/mol. The Kier molecular flexibility index (Phi) is 4.93. The van der Waals surface area contributed by atoms with E-state index >= 15 is 0 Å². The lowest BCUT2D eigenvalue weighted by Crippen LogP contribution is -2.23. The minimum Gasteiger partial charge on any atom is -0.268 e. The SMILES string of the molecule is CCC(CC)=NNc1nc2ccccc2c(=O)n1-c1cccc(C)c1. The van der Waals surface area contributed by atoms with Crippen LogP contribution in [0.25, 0.3) is 16.6 Å². The van der Waals surface area contributed by atoms with Gasteiger partial charge in [-0.05, 0) is 49.6 Å². The molecule has 1 aromatic heterocycles. The molecule has 3 rings (SSSR count). The Morgan fingerprint density at radius 2 is 1.88 bits per heavy atom. The summed E-state index contributed by atoms with van der Waals surface area (Å²) in [5.74, 6) is 0.425. The first-order valence-electron chi connectivity index (χ1n) is 8.54. The molecule has 1 N–H and O–H groups in total. The van der Waals surface area contributed by atoms with Crippen LogP contribution in [0, 0.1) is 6.92 Å². The van der Waals surface area contributed by atoms with Gasteiger partial charge in [-0.25, -0.2) is 15.0 Å². The highest BCUT2D eigenvalue weighted by molar-refractivity contribution is 5.84. The quantitative estimate of drug-likeness (QED) is 0.559. The summed E-state index contributed by atoms with van der Waals surface area (Å²) in [5.41, 5.74) is 6.43. The van der Waals surface area contributed by atoms with Gasteiger partial charge in [-0.2, -0.15) is 5.10 Å². The summed E-state index contributed by atoms with van der Waals surface area (Å²) in [6.45, 7) is 6.12. The summed E-state index contributed by atoms with van der Waals surface area (Å²) in [7, 11) is 0. The average Bonchev–Trinajstić information content (AvgIpc) is 2.63. The van der Waals surface area contributed by atoms with Crippen molar-refractivity contribution in [2.75, 3.05) is 5.43 Å². The van der Waals surface area contributed by atoms with E-state index in [1.807, 2.05) is 49.4 Å². The molecule has 0 unspecified atom stereocenters. The number of rotatable bonds is 5. The van der Waals surface area contributed by atoms with Crippen LogP contribution in [0.15, 0.2) is 58.4 Å². The van der Waals surface area contributed by atoms with Crippen LogP contribution >= 0.6 is 0 Å². The molecule has 25 heavy (non-hydrogen) atoms. The lowest BCUT2D eigenvalue weighted by Gasteiger charge is -2.14. The number of aryl methyl sites for hydroxylation is 1. The molecule has 0 saturated carbocycles. The van der Waals surface area contributed by atoms with E-state index in [9.17, 15) is 4.79 Å². The summed E-state index contributed by atoms with van der Waals surface area (Å²) in [6.07, 6.45) is 1.71. The first-order valence-corrected chi connectivity index (χ1v) is 8.54. The maximum atomic E-state index is 13.1. The number of hydrogen-bond donors (Lipinski definition) is 1. The van der Waals surface area contributed by atoms with Crippen LogP contribution in [0.5, 0.6) is 0 Å². The van der Waals surface area contributed by atoms with Crippen molar-refractivity contribution in [3.8, 4) is 5.69 Å². The molecule has 0 aliphatic heterocycles. The molecule has 0 spiro atoms. The molecule has 0 amide bonds. The van der Waals surface area contributed by atoms with Gasteiger partial charge >= 0.3 is 0 Å². The van der Waals surface area contributed by atoms with Gasteiger partial charge in [0.15, 0.2) is 0 Å². The fraction of sp³-hybridized carbons (Fsp3) is 0.250. The largest absolute Gasteiger partial charge is 0.268 e. The Balaban J connectivity index is 2.24. The van der Waals surface area contributed by atoms with Crippen LogP contribution in [0.2, 0.25) is 0 Å². The highest BCUT2D eigenvalue weighted by Crippen LogP contribution is 2.17. The minimum absolute atomic E-state index is 0.108. The smallest absolute Gasteiger partial charge is 0.267 e. The Morgan fingerprint density at radius 1 is 1.12 bits per heavy atom. The third kappa shape index (κ3) is 3.45. The predicted octanol–water partition coefficient (Wildman–Crippen LogP) is 4.28. The number of nitrogens with zero attached hydrogens (tertiary/aromatic N) is 3. The van der Waals surface area contributed by atoms with E-state index in [4.69, 9.17) is 0 Å². The molecule has 0 saturated heterocycles. The van der Waals surface area contributed by atoms with Gasteiger partial charge in [0.25, 0.3) is 5.56 Å². The number of hydrazone groups is 1. The van der Waals surface area contributed by atoms with Crippen LogP contribution in [-0.4, -0.2) is 15.3 Å². The monoisotopic (exact) mass is 334 g/mol. The van der Waals surface area contributed by atoms with E-state index in [2.05, 4.69) is 29.4 Å². The molecule has 0 bridgehead atoms. The Labute approximate surface area is 147 Å². The molecular weight excluding hydrogens is 312 g/mol. The molecule has 0 atom stereocenters. The van der Waals surface area contributed by atoms with Crippen molar-refractivity contribution < 1.29 is 0 Å². The summed E-state index contributed by atoms with van der Waals surface area (Å²) >= 11 is 0. The first kappa shape index (κ1) is 16.9. The van der Waals surface area contributed by atoms with Crippen molar-refractivity contribution in [3.63, 3.8) is 0 Å². The number of benzene rings is 2. The molecular formula is C20H22N4O. The second kappa shape index (κ2) is 7.30. The molecule has 0 aliphatic carbocycles. The molecule has 5 nitrogen and oxygen atoms in total. The van der Waals surface area contributed by atoms with Gasteiger partial charge in [-0.1, -0.05) is 38.1 Å². The second-order valence-corrected chi connectivity index (χ2v) is 5.93. The Hall–Kier alpha value is -2.95. The summed E-state index contributed by atoms with van der Waals surface area (Å²) in [4.78, 5) is 17.7. The normalized spacial score (nSPS) is 10.7. The Morgan fingerprint density at radius 3 is 2.60 bits per heavy atom. The second-order valence-electron chi connectivity index (χ2n) is 5.93. The molecule has 3 aromatic rings. The van der Waals surface area contributed by atoms with E-state index in [0.717, 1.165) is 29.8 Å². The van der Waals surface area contributed by atoms with Gasteiger partial charge in [0.1, 0.15) is 0 Å². The highest BCUT2D eigenvalue weighted by atomic mass is 16.1. The molecule has 1 heterocycles. The first-order chi connectivity index (χ1) is 12.1. The van der Waals surface area contributed by atoms with E-state index in [1.165, 1.54) is 0 Å². The zero-order valence-electron chi connectivity index (χ0n) is 14.8. The van der Waals surface area contributed by atoms with Crippen molar-refractivity contribution in [2.24, 2.45) is 5.10 Å². The topological polar surface area (TPSA) is 59.3 Å². The number of nitrogens with one attached hydrogen (secondary N) is 1. The van der Waals surface area contributed by atoms with Crippen molar-refractivity contribution in [2.45, 2.75) is 33.6 Å². The maximum absolute atomic E-state index is 13.1. The molecule has 2 aromatic carbocycles. The third-order valence-electron chi connectivity index (χ3n) is 4.17. The van der Waals surface area contributed by atoms with E-state index in [1.54, 1.807) is 10.6 Å². The van der Waals surface area contributed by atoms with Crippen molar-refractivity contribution >= 4 is 22.6 Å². The number of fused-ring (bicyclic) bond motifs is 1. The van der Waals surface area contributed by atoms with Crippen LogP contribution < -0.4 is 11.0 Å². The van der Waals surface area contributed by atoms with E-state index in [0.29, 0.717) is 16.9 Å². The van der Waals surface area contributed by atoms with E-state index < -0.39 is 0 Å². The van der Waals surface area contributed by atoms with Crippen LogP contribution in [0.4, 0.5) is 5.95 Å². The van der Waals surface area contributed by atoms with Gasteiger partial charge in [0, 0.05) is 5.71 Å². The third-order valence-corrected chi connectivity index (χ3v) is 4.17. The fourth-order valence-corrected chi connectivity index (χ4v) is 2.75. The lowest BCUT2D eigenvalue weighted by atomic mass is 10.2. The van der Waals surface area contributed by atoms with Crippen molar-refractivity contribution in [3.05, 3.63) is 64.4 Å². The number of hydrogen-bond acceptors (Lipinski definition) is 4. The summed E-state index contributed by atoms with van der Waals surface area (Å²) < 4.78 is 1.59. The van der Waals surface area contributed by atoms with Crippen molar-refractivity contribution in [1.29, 1.82) is 0 Å². The molecule has 0 aliphatic rings. The van der Waals surface area contributed by atoms with Gasteiger partial charge in [0.05, 0.1) is 16.6 Å². The number of aromatic nitrogens is 2. The van der Waals surface area contributed by atoms with Crippen LogP contribution in [-0.2, 0) is 0 Å². The summed E-state index contributed by atoms with van der Waals surface area (Å²) in [6, 6.07) is 15.2. The standard InChI is InChI=1S/C20H22N4O/c1-4-15(5-2)22-23-20-21-18-12-7-6-11-17(18)19(25)24(20)16-10-8-9-14(3)13-16/h6-13H,4-5H2,1-3H3,(H,21,23). The van der Waals surface area contributed by atoms with Crippen molar-refractivity contribution in [1.82, 2.24) is 9.55 Å². The van der Waals surface area contributed by atoms with Gasteiger partial charge in [-0.3, -0.25) is 4.79 Å². The minimum atomic E-state index is -0.108. The highest BCUT2D eigenvalue weighted by Gasteiger charge is 2.12. The number of para-hydroxylation sites is 1. The molecule has 0 fully saturated rings. The van der Waals surface area contributed by atoms with Crippen LogP contribution in [0.1, 0.15) is 32.3 Å². The van der Waals surface area contributed by atoms with Gasteiger partial charge in [0.2, 0.25) is 5.95 Å². The Bertz CT molecular complexity index is 982. The average molecular weight is 334 g/mol. The fourth-order valence-electron chi connectivity index (χ4n) is 2.75. The van der Waals surface area contributed by atoms with Gasteiger partial charge < -0.3 is 0 Å². The maximum Gasteiger partial charge on any atom is 0.267 e. The molecule has 0 radical (unpaired) electrons. The summed E-state index contributed by atoms with van der Waals surface area (Å²) in [5, 5.41) is 5.02. The number of anilines is 1. The lowest BCUT2D eigenvalue weighted by molar-refractivity contribution is 0.949. The zero-order chi connectivity index (χ0) is 17.8. The molecule has 5 heteroatoms. The van der Waals surface area contributed by atoms with Crippen LogP contribution in [0.3, 0.4) is 0 Å². The zero-order valence-corrected chi connectivity index (χ0v) is 14.8. The van der Waals surface area contributed by atoms with E-state index in [-0.39, 0.29) is 5.56 Å². The van der Waals surface area contributed by atoms with Gasteiger partial charge in [-0.15, -0.1) is 0 Å². The molecule has 128 valence electrons.